The van der Waals surface area contributed by atoms with E-state index >= 15 is 0 Å². The highest BCUT2D eigenvalue weighted by atomic mass is 16.3. The fourth-order valence-electron chi connectivity index (χ4n) is 2.50. The SMILES string of the molecule is CCCCCCCC(=O)N1CC(O)(CCC)C1. The van der Waals surface area contributed by atoms with Crippen molar-refractivity contribution in [2.75, 3.05) is 13.1 Å². The summed E-state index contributed by atoms with van der Waals surface area (Å²) in [5.41, 5.74) is -0.577. The normalized spacial score (nSPS) is 17.9. The molecule has 1 aliphatic heterocycles. The van der Waals surface area contributed by atoms with Gasteiger partial charge in [0.05, 0.1) is 18.7 Å². The first-order valence-corrected chi connectivity index (χ1v) is 7.11. The highest BCUT2D eigenvalue weighted by Crippen LogP contribution is 2.26. The smallest absolute Gasteiger partial charge is 0.222 e. The molecule has 0 aromatic carbocycles. The lowest BCUT2D eigenvalue weighted by molar-refractivity contribution is -0.156. The monoisotopic (exact) mass is 241 g/mol. The maximum Gasteiger partial charge on any atom is 0.222 e. The molecule has 1 fully saturated rings. The Balaban J connectivity index is 2.07. The first-order chi connectivity index (χ1) is 8.11. The zero-order chi connectivity index (χ0) is 12.7. The summed E-state index contributed by atoms with van der Waals surface area (Å²) in [6.07, 6.45) is 8.37. The molecule has 1 amide bonds. The molecule has 0 spiro atoms. The Kier molecular flexibility index (Phi) is 5.96. The van der Waals surface area contributed by atoms with Crippen molar-refractivity contribution in [2.24, 2.45) is 0 Å². The Morgan fingerprint density at radius 3 is 2.35 bits per heavy atom. The lowest BCUT2D eigenvalue weighted by atomic mass is 9.89. The summed E-state index contributed by atoms with van der Waals surface area (Å²) >= 11 is 0. The molecular weight excluding hydrogens is 214 g/mol. The van der Waals surface area contributed by atoms with Gasteiger partial charge >= 0.3 is 0 Å². The van der Waals surface area contributed by atoms with Crippen LogP contribution in [0.25, 0.3) is 0 Å². The van der Waals surface area contributed by atoms with Crippen LogP contribution in [-0.4, -0.2) is 34.6 Å². The molecule has 0 bridgehead atoms. The van der Waals surface area contributed by atoms with Crippen LogP contribution in [0.3, 0.4) is 0 Å². The van der Waals surface area contributed by atoms with Crippen LogP contribution in [0.4, 0.5) is 0 Å². The third-order valence-corrected chi connectivity index (χ3v) is 3.53. The van der Waals surface area contributed by atoms with E-state index in [1.54, 1.807) is 4.90 Å². The summed E-state index contributed by atoms with van der Waals surface area (Å²) < 4.78 is 0. The second-order valence-electron chi connectivity index (χ2n) is 5.39. The van der Waals surface area contributed by atoms with Crippen LogP contribution in [0.5, 0.6) is 0 Å². The topological polar surface area (TPSA) is 40.5 Å². The number of β-amino-alcohol motifs (C(OH)–C–C–N with tert-alkyl or cyclic N) is 1. The number of hydrogen-bond donors (Lipinski definition) is 1. The minimum Gasteiger partial charge on any atom is -0.386 e. The number of rotatable bonds is 8. The van der Waals surface area contributed by atoms with Gasteiger partial charge in [-0.05, 0) is 12.8 Å². The van der Waals surface area contributed by atoms with E-state index in [9.17, 15) is 9.90 Å². The van der Waals surface area contributed by atoms with E-state index in [4.69, 9.17) is 0 Å². The Morgan fingerprint density at radius 2 is 1.76 bits per heavy atom. The predicted molar refractivity (Wildman–Crippen MR) is 69.8 cm³/mol. The minimum atomic E-state index is -0.577. The zero-order valence-corrected chi connectivity index (χ0v) is 11.4. The molecule has 3 heteroatoms. The van der Waals surface area contributed by atoms with Gasteiger partial charge in [0.25, 0.3) is 0 Å². The fraction of sp³-hybridized carbons (Fsp3) is 0.929. The van der Waals surface area contributed by atoms with Gasteiger partial charge in [-0.25, -0.2) is 0 Å². The molecule has 0 aromatic rings. The summed E-state index contributed by atoms with van der Waals surface area (Å²) in [5.74, 6) is 0.224. The fourth-order valence-corrected chi connectivity index (χ4v) is 2.50. The molecule has 0 radical (unpaired) electrons. The van der Waals surface area contributed by atoms with Crippen LogP contribution in [-0.2, 0) is 4.79 Å². The lowest BCUT2D eigenvalue weighted by Crippen LogP contribution is -2.63. The van der Waals surface area contributed by atoms with Crippen molar-refractivity contribution in [3.63, 3.8) is 0 Å². The highest BCUT2D eigenvalue weighted by molar-refractivity contribution is 5.77. The van der Waals surface area contributed by atoms with E-state index in [2.05, 4.69) is 13.8 Å². The van der Waals surface area contributed by atoms with E-state index in [1.807, 2.05) is 0 Å². The van der Waals surface area contributed by atoms with Crippen molar-refractivity contribution in [3.8, 4) is 0 Å². The van der Waals surface area contributed by atoms with Crippen LogP contribution < -0.4 is 0 Å². The van der Waals surface area contributed by atoms with Crippen molar-refractivity contribution < 1.29 is 9.90 Å². The van der Waals surface area contributed by atoms with E-state index in [-0.39, 0.29) is 5.91 Å². The van der Waals surface area contributed by atoms with E-state index in [0.717, 1.165) is 25.7 Å². The molecule has 1 rings (SSSR count). The maximum atomic E-state index is 11.8. The summed E-state index contributed by atoms with van der Waals surface area (Å²) in [6, 6.07) is 0. The number of nitrogens with zero attached hydrogens (tertiary/aromatic N) is 1. The van der Waals surface area contributed by atoms with Gasteiger partial charge in [-0.2, -0.15) is 0 Å². The lowest BCUT2D eigenvalue weighted by Gasteiger charge is -2.46. The van der Waals surface area contributed by atoms with Crippen LogP contribution >= 0.6 is 0 Å². The molecule has 0 aliphatic carbocycles. The molecule has 1 saturated heterocycles. The van der Waals surface area contributed by atoms with Gasteiger partial charge in [-0.3, -0.25) is 4.79 Å². The predicted octanol–water partition coefficient (Wildman–Crippen LogP) is 2.72. The second kappa shape index (κ2) is 7.00. The molecular formula is C14H27NO2. The Labute approximate surface area is 105 Å². The van der Waals surface area contributed by atoms with E-state index in [0.29, 0.717) is 19.5 Å². The van der Waals surface area contributed by atoms with Gasteiger partial charge in [0.15, 0.2) is 0 Å². The molecule has 0 saturated carbocycles. The van der Waals surface area contributed by atoms with Crippen LogP contribution in [0.2, 0.25) is 0 Å². The Hall–Kier alpha value is -0.570. The second-order valence-corrected chi connectivity index (χ2v) is 5.39. The van der Waals surface area contributed by atoms with Gasteiger partial charge in [0.1, 0.15) is 0 Å². The third kappa shape index (κ3) is 4.66. The molecule has 1 heterocycles. The number of likely N-dealkylation sites (tertiary alicyclic amines) is 1. The molecule has 1 N–H and O–H groups in total. The van der Waals surface area contributed by atoms with Crippen molar-refractivity contribution in [1.82, 2.24) is 4.90 Å². The van der Waals surface area contributed by atoms with Crippen LogP contribution in [0, 0.1) is 0 Å². The quantitative estimate of drug-likeness (QED) is 0.664. The molecule has 17 heavy (non-hydrogen) atoms. The maximum absolute atomic E-state index is 11.8. The number of aliphatic hydroxyl groups is 1. The number of carbonyl (C=O) groups is 1. The van der Waals surface area contributed by atoms with Crippen LogP contribution in [0.1, 0.15) is 65.2 Å². The molecule has 3 nitrogen and oxygen atoms in total. The first kappa shape index (κ1) is 14.5. The summed E-state index contributed by atoms with van der Waals surface area (Å²) in [5, 5.41) is 9.98. The van der Waals surface area contributed by atoms with Crippen LogP contribution in [0.15, 0.2) is 0 Å². The zero-order valence-electron chi connectivity index (χ0n) is 11.4. The van der Waals surface area contributed by atoms with Gasteiger partial charge in [-0.1, -0.05) is 46.0 Å². The first-order valence-electron chi connectivity index (χ1n) is 7.11. The average Bonchev–Trinajstić information content (AvgIpc) is 2.25. The summed E-state index contributed by atoms with van der Waals surface area (Å²) in [7, 11) is 0. The van der Waals surface area contributed by atoms with Crippen molar-refractivity contribution >= 4 is 5.91 Å². The van der Waals surface area contributed by atoms with E-state index in [1.165, 1.54) is 19.3 Å². The Bertz CT molecular complexity index is 234. The largest absolute Gasteiger partial charge is 0.386 e. The number of hydrogen-bond acceptors (Lipinski definition) is 2. The van der Waals surface area contributed by atoms with Gasteiger partial charge in [-0.15, -0.1) is 0 Å². The molecule has 1 aliphatic rings. The standard InChI is InChI=1S/C14H27NO2/c1-3-5-6-7-8-9-13(16)15-11-14(17,12-15)10-4-2/h17H,3-12H2,1-2H3. The number of unbranched alkanes of at least 4 members (excludes halogenated alkanes) is 4. The van der Waals surface area contributed by atoms with Crippen molar-refractivity contribution in [1.29, 1.82) is 0 Å². The molecule has 0 atom stereocenters. The summed E-state index contributed by atoms with van der Waals surface area (Å²) in [6.45, 7) is 5.36. The van der Waals surface area contributed by atoms with Crippen molar-refractivity contribution in [3.05, 3.63) is 0 Å². The molecule has 0 aromatic heterocycles. The number of carbonyl (C=O) groups excluding carboxylic acids is 1. The van der Waals surface area contributed by atoms with E-state index < -0.39 is 5.60 Å². The molecule has 100 valence electrons. The molecule has 0 unspecified atom stereocenters. The minimum absolute atomic E-state index is 0.224. The van der Waals surface area contributed by atoms with Gasteiger partial charge in [0.2, 0.25) is 5.91 Å². The Morgan fingerprint density at radius 1 is 1.12 bits per heavy atom. The third-order valence-electron chi connectivity index (χ3n) is 3.53. The van der Waals surface area contributed by atoms with Gasteiger partial charge in [0, 0.05) is 6.42 Å². The summed E-state index contributed by atoms with van der Waals surface area (Å²) in [4.78, 5) is 13.6. The van der Waals surface area contributed by atoms with Gasteiger partial charge < -0.3 is 10.0 Å². The number of amides is 1. The highest BCUT2D eigenvalue weighted by Gasteiger charge is 2.42. The average molecular weight is 241 g/mol. The van der Waals surface area contributed by atoms with Crippen molar-refractivity contribution in [2.45, 2.75) is 70.8 Å².